The van der Waals surface area contributed by atoms with Crippen LogP contribution in [-0.2, 0) is 27.2 Å². The minimum absolute atomic E-state index is 0.318. The van der Waals surface area contributed by atoms with Gasteiger partial charge < -0.3 is 9.88 Å². The fourth-order valence-electron chi connectivity index (χ4n) is 2.80. The lowest BCUT2D eigenvalue weighted by atomic mass is 10.2. The Labute approximate surface area is 139 Å². The second-order valence-electron chi connectivity index (χ2n) is 5.80. The molecule has 0 saturated carbocycles. The molecule has 0 spiro atoms. The van der Waals surface area contributed by atoms with Crippen LogP contribution < -0.4 is 16.6 Å². The summed E-state index contributed by atoms with van der Waals surface area (Å²) in [5.74, 6) is 0.606. The van der Waals surface area contributed by atoms with Crippen molar-refractivity contribution in [1.29, 1.82) is 0 Å². The van der Waals surface area contributed by atoms with Crippen LogP contribution in [-0.4, -0.2) is 18.7 Å². The maximum Gasteiger partial charge on any atom is 0.332 e. The number of imidazole rings is 1. The number of benzene rings is 1. The highest BCUT2D eigenvalue weighted by atomic mass is 16.2. The zero-order chi connectivity index (χ0) is 17.3. The van der Waals surface area contributed by atoms with Crippen LogP contribution in [0.2, 0.25) is 0 Å². The van der Waals surface area contributed by atoms with E-state index in [4.69, 9.17) is 0 Å². The van der Waals surface area contributed by atoms with E-state index in [0.29, 0.717) is 30.2 Å². The third-order valence-electron chi connectivity index (χ3n) is 4.09. The van der Waals surface area contributed by atoms with Gasteiger partial charge in [-0.15, -0.1) is 0 Å². The first-order chi connectivity index (χ1) is 11.5. The third-order valence-corrected chi connectivity index (χ3v) is 4.09. The molecule has 3 rings (SSSR count). The molecule has 3 aromatic rings. The summed E-state index contributed by atoms with van der Waals surface area (Å²) in [6, 6.07) is 9.97. The van der Waals surface area contributed by atoms with Crippen LogP contribution in [0.5, 0.6) is 0 Å². The first-order valence-corrected chi connectivity index (χ1v) is 7.98. The number of fused-ring (bicyclic) bond motifs is 1. The van der Waals surface area contributed by atoms with Gasteiger partial charge in [0.05, 0.1) is 0 Å². The Hall–Kier alpha value is -2.83. The van der Waals surface area contributed by atoms with Crippen molar-refractivity contribution < 1.29 is 0 Å². The summed E-state index contributed by atoms with van der Waals surface area (Å²) in [6.45, 7) is 3.29. The molecule has 7 heteroatoms. The van der Waals surface area contributed by atoms with E-state index in [-0.39, 0.29) is 11.2 Å². The topological polar surface area (TPSA) is 73.8 Å². The van der Waals surface area contributed by atoms with E-state index in [1.807, 2.05) is 41.8 Å². The molecule has 2 aromatic heterocycles. The Morgan fingerprint density at radius 1 is 1.08 bits per heavy atom. The second-order valence-corrected chi connectivity index (χ2v) is 5.80. The minimum atomic E-state index is -0.372. The first kappa shape index (κ1) is 16.0. The van der Waals surface area contributed by atoms with Crippen LogP contribution in [0.1, 0.15) is 18.9 Å². The normalized spacial score (nSPS) is 11.1. The Kier molecular flexibility index (Phi) is 4.24. The quantitative estimate of drug-likeness (QED) is 0.770. The molecule has 7 nitrogen and oxygen atoms in total. The van der Waals surface area contributed by atoms with Gasteiger partial charge >= 0.3 is 5.69 Å². The molecule has 0 radical (unpaired) electrons. The summed E-state index contributed by atoms with van der Waals surface area (Å²) in [5, 5.41) is 3.29. The van der Waals surface area contributed by atoms with E-state index in [0.717, 1.165) is 16.6 Å². The van der Waals surface area contributed by atoms with Crippen LogP contribution in [0, 0.1) is 0 Å². The molecule has 0 unspecified atom stereocenters. The molecule has 1 N–H and O–H groups in total. The van der Waals surface area contributed by atoms with Gasteiger partial charge in [-0.2, -0.15) is 4.98 Å². The maximum atomic E-state index is 12.5. The SMILES string of the molecule is CCCn1c(NCc2ccccc2)nc2c1c(=O)n(C)c(=O)n2C. The van der Waals surface area contributed by atoms with E-state index < -0.39 is 0 Å². The van der Waals surface area contributed by atoms with Crippen molar-refractivity contribution in [2.24, 2.45) is 14.1 Å². The van der Waals surface area contributed by atoms with E-state index >= 15 is 0 Å². The van der Waals surface area contributed by atoms with Gasteiger partial charge in [-0.25, -0.2) is 4.79 Å². The number of nitrogens with zero attached hydrogens (tertiary/aromatic N) is 4. The first-order valence-electron chi connectivity index (χ1n) is 7.98. The Balaban J connectivity index is 2.12. The van der Waals surface area contributed by atoms with Crippen molar-refractivity contribution in [3.05, 3.63) is 56.7 Å². The number of hydrogen-bond donors (Lipinski definition) is 1. The molecule has 0 aliphatic carbocycles. The zero-order valence-corrected chi connectivity index (χ0v) is 14.1. The predicted molar refractivity (Wildman–Crippen MR) is 94.3 cm³/mol. The number of aryl methyl sites for hydroxylation is 2. The maximum absolute atomic E-state index is 12.5. The molecular weight excluding hydrogens is 306 g/mol. The lowest BCUT2D eigenvalue weighted by Gasteiger charge is -2.09. The van der Waals surface area contributed by atoms with Crippen molar-refractivity contribution in [3.8, 4) is 0 Å². The number of aromatic nitrogens is 4. The average Bonchev–Trinajstić information content (AvgIpc) is 2.96. The van der Waals surface area contributed by atoms with Crippen molar-refractivity contribution in [3.63, 3.8) is 0 Å². The summed E-state index contributed by atoms with van der Waals surface area (Å²) in [6.07, 6.45) is 0.859. The van der Waals surface area contributed by atoms with Gasteiger partial charge in [-0.3, -0.25) is 13.9 Å². The summed E-state index contributed by atoms with van der Waals surface area (Å²) in [5.41, 5.74) is 1.29. The Morgan fingerprint density at radius 2 is 1.79 bits per heavy atom. The van der Waals surface area contributed by atoms with E-state index in [1.54, 1.807) is 7.05 Å². The van der Waals surface area contributed by atoms with Crippen LogP contribution in [0.25, 0.3) is 11.2 Å². The van der Waals surface area contributed by atoms with Gasteiger partial charge in [0.1, 0.15) is 0 Å². The number of hydrogen-bond acceptors (Lipinski definition) is 4. The van der Waals surface area contributed by atoms with Gasteiger partial charge in [0, 0.05) is 27.2 Å². The molecule has 0 bridgehead atoms. The number of nitrogens with one attached hydrogen (secondary N) is 1. The lowest BCUT2D eigenvalue weighted by Crippen LogP contribution is -2.37. The monoisotopic (exact) mass is 327 g/mol. The molecule has 0 fully saturated rings. The Morgan fingerprint density at radius 3 is 2.46 bits per heavy atom. The van der Waals surface area contributed by atoms with Crippen LogP contribution in [0.4, 0.5) is 5.95 Å². The predicted octanol–water partition coefficient (Wildman–Crippen LogP) is 1.46. The number of rotatable bonds is 5. The van der Waals surface area contributed by atoms with Crippen molar-refractivity contribution in [2.75, 3.05) is 5.32 Å². The zero-order valence-electron chi connectivity index (χ0n) is 14.1. The van der Waals surface area contributed by atoms with E-state index in [1.165, 1.54) is 11.6 Å². The molecular formula is C17H21N5O2. The smallest absolute Gasteiger partial charge is 0.332 e. The highest BCUT2D eigenvalue weighted by molar-refractivity contribution is 5.74. The largest absolute Gasteiger partial charge is 0.352 e. The minimum Gasteiger partial charge on any atom is -0.352 e. The molecule has 0 atom stereocenters. The van der Waals surface area contributed by atoms with Crippen molar-refractivity contribution in [1.82, 2.24) is 18.7 Å². The van der Waals surface area contributed by atoms with Crippen LogP contribution >= 0.6 is 0 Å². The van der Waals surface area contributed by atoms with E-state index in [9.17, 15) is 9.59 Å². The molecule has 0 amide bonds. The molecule has 2 heterocycles. The lowest BCUT2D eigenvalue weighted by molar-refractivity contribution is 0.678. The van der Waals surface area contributed by atoms with Crippen molar-refractivity contribution >= 4 is 17.1 Å². The number of anilines is 1. The summed E-state index contributed by atoms with van der Waals surface area (Å²) in [4.78, 5) is 29.2. The van der Waals surface area contributed by atoms with E-state index in [2.05, 4.69) is 10.3 Å². The third kappa shape index (κ3) is 2.62. The Bertz CT molecular complexity index is 982. The molecule has 1 aromatic carbocycles. The highest BCUT2D eigenvalue weighted by Crippen LogP contribution is 2.17. The van der Waals surface area contributed by atoms with Gasteiger partial charge in [0.25, 0.3) is 5.56 Å². The van der Waals surface area contributed by atoms with Crippen molar-refractivity contribution in [2.45, 2.75) is 26.4 Å². The fourth-order valence-corrected chi connectivity index (χ4v) is 2.80. The van der Waals surface area contributed by atoms with Gasteiger partial charge in [-0.1, -0.05) is 37.3 Å². The molecule has 0 saturated heterocycles. The molecule has 126 valence electrons. The van der Waals surface area contributed by atoms with Gasteiger partial charge in [-0.05, 0) is 12.0 Å². The average molecular weight is 327 g/mol. The molecule has 0 aliphatic heterocycles. The second kappa shape index (κ2) is 6.35. The summed E-state index contributed by atoms with van der Waals surface area (Å²) in [7, 11) is 3.12. The van der Waals surface area contributed by atoms with Gasteiger partial charge in [0.2, 0.25) is 5.95 Å². The summed E-state index contributed by atoms with van der Waals surface area (Å²) >= 11 is 0. The van der Waals surface area contributed by atoms with Gasteiger partial charge in [0.15, 0.2) is 11.2 Å². The fraction of sp³-hybridized carbons (Fsp3) is 0.353. The van der Waals surface area contributed by atoms with Crippen LogP contribution in [0.15, 0.2) is 39.9 Å². The summed E-state index contributed by atoms with van der Waals surface area (Å²) < 4.78 is 4.40. The highest BCUT2D eigenvalue weighted by Gasteiger charge is 2.18. The molecule has 24 heavy (non-hydrogen) atoms. The standard InChI is InChI=1S/C17H21N5O2/c1-4-10-22-13-14(20(2)17(24)21(3)15(13)23)19-16(22)18-11-12-8-6-5-7-9-12/h5-9H,4,10-11H2,1-3H3,(H,18,19). The molecule has 0 aliphatic rings. The van der Waals surface area contributed by atoms with Crippen LogP contribution in [0.3, 0.4) is 0 Å².